The number of carboxylic acid groups (broad SMARTS) is 1. The van der Waals surface area contributed by atoms with Gasteiger partial charge in [-0.05, 0) is 24.9 Å². The molecule has 88 valence electrons. The smallest absolute Gasteiger partial charge is 0.323 e. The van der Waals surface area contributed by atoms with Crippen LogP contribution >= 0.6 is 11.5 Å². The van der Waals surface area contributed by atoms with E-state index in [0.717, 1.165) is 6.42 Å². The summed E-state index contributed by atoms with van der Waals surface area (Å²) in [6, 6.07) is 0. The molecule has 0 aliphatic heterocycles. The third-order valence-corrected chi connectivity index (χ3v) is 2.81. The Labute approximate surface area is 97.9 Å². The van der Waals surface area contributed by atoms with Crippen LogP contribution in [0.25, 0.3) is 0 Å². The van der Waals surface area contributed by atoms with Gasteiger partial charge in [-0.25, -0.2) is 0 Å². The molecule has 0 aliphatic carbocycles. The predicted molar refractivity (Wildman–Crippen MR) is 60.7 cm³/mol. The first-order valence-electron chi connectivity index (χ1n) is 4.98. The minimum Gasteiger partial charge on any atom is -0.480 e. The average molecular weight is 242 g/mol. The van der Waals surface area contributed by atoms with Crippen molar-refractivity contribution in [1.29, 1.82) is 0 Å². The molecule has 0 spiro atoms. The van der Waals surface area contributed by atoms with Gasteiger partial charge in [0.2, 0.25) is 0 Å². The highest BCUT2D eigenvalue weighted by Crippen LogP contribution is 2.12. The Morgan fingerprint density at radius 2 is 2.25 bits per heavy atom. The molecule has 1 aromatic rings. The highest BCUT2D eigenvalue weighted by molar-refractivity contribution is 7.03. The van der Waals surface area contributed by atoms with Crippen molar-refractivity contribution in [3.05, 3.63) is 16.6 Å². The van der Waals surface area contributed by atoms with Crippen LogP contribution in [0.5, 0.6) is 0 Å². The first-order valence-corrected chi connectivity index (χ1v) is 5.82. The second kappa shape index (κ2) is 5.60. The van der Waals surface area contributed by atoms with Crippen LogP contribution < -0.4 is 0 Å². The number of aliphatic carboxylic acids is 1. The van der Waals surface area contributed by atoms with Crippen LogP contribution in [0, 0.1) is 6.92 Å². The maximum atomic E-state index is 12.0. The van der Waals surface area contributed by atoms with Gasteiger partial charge < -0.3 is 10.0 Å². The van der Waals surface area contributed by atoms with Gasteiger partial charge in [-0.2, -0.15) is 4.37 Å². The van der Waals surface area contributed by atoms with Gasteiger partial charge in [-0.1, -0.05) is 6.92 Å². The second-order valence-electron chi connectivity index (χ2n) is 3.43. The van der Waals surface area contributed by atoms with E-state index in [2.05, 4.69) is 4.37 Å². The Morgan fingerprint density at radius 3 is 2.69 bits per heavy atom. The van der Waals surface area contributed by atoms with Crippen LogP contribution in [0.4, 0.5) is 0 Å². The summed E-state index contributed by atoms with van der Waals surface area (Å²) in [5.74, 6) is -1.25. The van der Waals surface area contributed by atoms with E-state index in [9.17, 15) is 9.59 Å². The number of hydrogen-bond donors (Lipinski definition) is 1. The Balaban J connectivity index is 2.82. The Morgan fingerprint density at radius 1 is 1.56 bits per heavy atom. The van der Waals surface area contributed by atoms with Crippen LogP contribution in [0.3, 0.4) is 0 Å². The number of nitrogens with zero attached hydrogens (tertiary/aromatic N) is 2. The molecule has 0 bridgehead atoms. The third kappa shape index (κ3) is 3.03. The van der Waals surface area contributed by atoms with E-state index in [1.54, 1.807) is 12.3 Å². The first kappa shape index (κ1) is 12.6. The number of carbonyl (C=O) groups is 2. The summed E-state index contributed by atoms with van der Waals surface area (Å²) >= 11 is 1.20. The molecule has 1 aromatic heterocycles. The molecular weight excluding hydrogens is 228 g/mol. The normalized spacial score (nSPS) is 10.1. The predicted octanol–water partition coefficient (Wildman–Crippen LogP) is 1.39. The van der Waals surface area contributed by atoms with Gasteiger partial charge in [-0.3, -0.25) is 9.59 Å². The first-order chi connectivity index (χ1) is 7.56. The Hall–Kier alpha value is -1.43. The lowest BCUT2D eigenvalue weighted by atomic mass is 10.2. The van der Waals surface area contributed by atoms with E-state index >= 15 is 0 Å². The van der Waals surface area contributed by atoms with Crippen LogP contribution in [0.15, 0.2) is 5.38 Å². The molecule has 0 fully saturated rings. The van der Waals surface area contributed by atoms with Gasteiger partial charge in [0.1, 0.15) is 6.54 Å². The number of aryl methyl sites for hydroxylation is 1. The molecule has 0 aliphatic rings. The Kier molecular flexibility index (Phi) is 4.42. The minimum atomic E-state index is -0.998. The fraction of sp³-hybridized carbons (Fsp3) is 0.500. The van der Waals surface area contributed by atoms with Crippen molar-refractivity contribution < 1.29 is 14.7 Å². The lowest BCUT2D eigenvalue weighted by Gasteiger charge is -2.19. The lowest BCUT2D eigenvalue weighted by molar-refractivity contribution is -0.137. The van der Waals surface area contributed by atoms with Gasteiger partial charge in [0.25, 0.3) is 5.91 Å². The summed E-state index contributed by atoms with van der Waals surface area (Å²) in [5.41, 5.74) is 1.15. The molecule has 0 saturated carbocycles. The van der Waals surface area contributed by atoms with Crippen LogP contribution in [-0.4, -0.2) is 39.3 Å². The number of aromatic nitrogens is 1. The van der Waals surface area contributed by atoms with E-state index in [4.69, 9.17) is 5.11 Å². The van der Waals surface area contributed by atoms with Crippen LogP contribution in [-0.2, 0) is 4.79 Å². The molecule has 0 radical (unpaired) electrons. The summed E-state index contributed by atoms with van der Waals surface area (Å²) in [6.45, 7) is 3.83. The zero-order valence-electron chi connectivity index (χ0n) is 9.27. The van der Waals surface area contributed by atoms with Crippen molar-refractivity contribution in [2.24, 2.45) is 0 Å². The number of rotatable bonds is 5. The zero-order chi connectivity index (χ0) is 12.1. The average Bonchev–Trinajstić information content (AvgIpc) is 2.62. The van der Waals surface area contributed by atoms with E-state index in [0.29, 0.717) is 17.8 Å². The molecule has 5 nitrogen and oxygen atoms in total. The molecule has 1 N–H and O–H groups in total. The fourth-order valence-electron chi connectivity index (χ4n) is 1.35. The van der Waals surface area contributed by atoms with Gasteiger partial charge >= 0.3 is 5.97 Å². The molecule has 0 saturated heterocycles. The van der Waals surface area contributed by atoms with Crippen LogP contribution in [0.1, 0.15) is 29.4 Å². The van der Waals surface area contributed by atoms with Crippen molar-refractivity contribution in [1.82, 2.24) is 9.27 Å². The standard InChI is InChI=1S/C10H14N2O3S/c1-3-4-12(5-9(13)14)10(15)8-6-16-11-7(8)2/h6H,3-5H2,1-2H3,(H,13,14). The van der Waals surface area contributed by atoms with Gasteiger partial charge in [-0.15, -0.1) is 0 Å². The number of carbonyl (C=O) groups excluding carboxylic acids is 1. The maximum absolute atomic E-state index is 12.0. The quantitative estimate of drug-likeness (QED) is 0.847. The summed E-state index contributed by atoms with van der Waals surface area (Å²) in [5, 5.41) is 10.4. The fourth-order valence-corrected chi connectivity index (χ4v) is 2.04. The maximum Gasteiger partial charge on any atom is 0.323 e. The highest BCUT2D eigenvalue weighted by atomic mass is 32.1. The van der Waals surface area contributed by atoms with Crippen LogP contribution in [0.2, 0.25) is 0 Å². The molecule has 1 rings (SSSR count). The van der Waals surface area contributed by atoms with Gasteiger partial charge in [0, 0.05) is 11.9 Å². The number of hydrogen-bond acceptors (Lipinski definition) is 4. The molecule has 0 atom stereocenters. The summed E-state index contributed by atoms with van der Waals surface area (Å²) < 4.78 is 4.01. The van der Waals surface area contributed by atoms with E-state index < -0.39 is 5.97 Å². The summed E-state index contributed by atoms with van der Waals surface area (Å²) in [7, 11) is 0. The molecular formula is C10H14N2O3S. The van der Waals surface area contributed by atoms with E-state index in [1.807, 2.05) is 6.92 Å². The summed E-state index contributed by atoms with van der Waals surface area (Å²) in [4.78, 5) is 24.0. The molecule has 6 heteroatoms. The second-order valence-corrected chi connectivity index (χ2v) is 4.06. The molecule has 1 amide bonds. The Bertz CT molecular complexity index is 389. The van der Waals surface area contributed by atoms with E-state index in [-0.39, 0.29) is 12.5 Å². The van der Waals surface area contributed by atoms with Gasteiger partial charge in [0.05, 0.1) is 11.3 Å². The molecule has 16 heavy (non-hydrogen) atoms. The van der Waals surface area contributed by atoms with Gasteiger partial charge in [0.15, 0.2) is 0 Å². The largest absolute Gasteiger partial charge is 0.480 e. The highest BCUT2D eigenvalue weighted by Gasteiger charge is 2.20. The molecule has 0 unspecified atom stereocenters. The van der Waals surface area contributed by atoms with E-state index in [1.165, 1.54) is 16.4 Å². The number of amides is 1. The minimum absolute atomic E-state index is 0.254. The van der Waals surface area contributed by atoms with Crippen molar-refractivity contribution in [3.63, 3.8) is 0 Å². The van der Waals surface area contributed by atoms with Crippen molar-refractivity contribution in [2.45, 2.75) is 20.3 Å². The van der Waals surface area contributed by atoms with Crippen molar-refractivity contribution >= 4 is 23.4 Å². The number of carboxylic acids is 1. The topological polar surface area (TPSA) is 70.5 Å². The zero-order valence-corrected chi connectivity index (χ0v) is 10.1. The third-order valence-electron chi connectivity index (χ3n) is 2.09. The lowest BCUT2D eigenvalue weighted by Crippen LogP contribution is -2.36. The summed E-state index contributed by atoms with van der Waals surface area (Å²) in [6.07, 6.45) is 0.732. The molecule has 0 aromatic carbocycles. The van der Waals surface area contributed by atoms with Crippen molar-refractivity contribution in [2.75, 3.05) is 13.1 Å². The molecule has 1 heterocycles. The monoisotopic (exact) mass is 242 g/mol. The van der Waals surface area contributed by atoms with Crippen molar-refractivity contribution in [3.8, 4) is 0 Å². The SMILES string of the molecule is CCCN(CC(=O)O)C(=O)c1csnc1C.